The van der Waals surface area contributed by atoms with E-state index < -0.39 is 10.8 Å². The topological polar surface area (TPSA) is 46.3 Å². The van der Waals surface area contributed by atoms with E-state index in [0.717, 1.165) is 31.1 Å². The number of rotatable bonds is 3. The molecule has 2 N–H and O–H groups in total. The van der Waals surface area contributed by atoms with Crippen molar-refractivity contribution < 1.29 is 4.21 Å². The first-order valence-corrected chi connectivity index (χ1v) is 7.53. The van der Waals surface area contributed by atoms with Crippen LogP contribution in [0.25, 0.3) is 0 Å². The molecule has 4 heteroatoms. The molecule has 0 radical (unpaired) electrons. The molecule has 1 atom stereocenters. The lowest BCUT2D eigenvalue weighted by molar-refractivity contribution is 0.281. The SMILES string of the molecule is Cc1ccc(C(N)CN2CCS(=O)CC2)cc1. The lowest BCUT2D eigenvalue weighted by Crippen LogP contribution is -2.41. The molecule has 1 heterocycles. The first kappa shape index (κ1) is 12.7. The number of hydrogen-bond donors (Lipinski definition) is 1. The highest BCUT2D eigenvalue weighted by Crippen LogP contribution is 2.13. The van der Waals surface area contributed by atoms with Crippen LogP contribution in [0.3, 0.4) is 0 Å². The summed E-state index contributed by atoms with van der Waals surface area (Å²) in [4.78, 5) is 2.31. The van der Waals surface area contributed by atoms with Crippen molar-refractivity contribution in [2.24, 2.45) is 5.73 Å². The van der Waals surface area contributed by atoms with Gasteiger partial charge in [0.15, 0.2) is 0 Å². The quantitative estimate of drug-likeness (QED) is 0.875. The number of nitrogens with two attached hydrogens (primary N) is 1. The van der Waals surface area contributed by atoms with Crippen LogP contribution >= 0.6 is 0 Å². The van der Waals surface area contributed by atoms with Crippen LogP contribution in [0.2, 0.25) is 0 Å². The Labute approximate surface area is 105 Å². The van der Waals surface area contributed by atoms with Crippen LogP contribution in [0, 0.1) is 6.92 Å². The monoisotopic (exact) mass is 252 g/mol. The van der Waals surface area contributed by atoms with Gasteiger partial charge in [-0.05, 0) is 12.5 Å². The van der Waals surface area contributed by atoms with Gasteiger partial charge in [-0.25, -0.2) is 0 Å². The molecule has 17 heavy (non-hydrogen) atoms. The lowest BCUT2D eigenvalue weighted by Gasteiger charge is -2.28. The second-order valence-electron chi connectivity index (χ2n) is 4.67. The zero-order valence-corrected chi connectivity index (χ0v) is 11.1. The van der Waals surface area contributed by atoms with Crippen molar-refractivity contribution >= 4 is 10.8 Å². The van der Waals surface area contributed by atoms with Gasteiger partial charge in [0.25, 0.3) is 0 Å². The van der Waals surface area contributed by atoms with Crippen molar-refractivity contribution in [1.29, 1.82) is 0 Å². The minimum atomic E-state index is -0.606. The van der Waals surface area contributed by atoms with Crippen molar-refractivity contribution in [3.63, 3.8) is 0 Å². The fraction of sp³-hybridized carbons (Fsp3) is 0.538. The van der Waals surface area contributed by atoms with Gasteiger partial charge in [-0.1, -0.05) is 29.8 Å². The third-order valence-electron chi connectivity index (χ3n) is 3.23. The van der Waals surface area contributed by atoms with E-state index in [-0.39, 0.29) is 6.04 Å². The predicted molar refractivity (Wildman–Crippen MR) is 72.4 cm³/mol. The van der Waals surface area contributed by atoms with Gasteiger partial charge in [-0.15, -0.1) is 0 Å². The van der Waals surface area contributed by atoms with Gasteiger partial charge >= 0.3 is 0 Å². The summed E-state index contributed by atoms with van der Waals surface area (Å²) in [5.41, 5.74) is 8.63. The van der Waals surface area contributed by atoms with Crippen molar-refractivity contribution in [2.45, 2.75) is 13.0 Å². The molecule has 0 aliphatic carbocycles. The molecule has 1 unspecified atom stereocenters. The highest BCUT2D eigenvalue weighted by atomic mass is 32.2. The molecule has 1 saturated heterocycles. The Morgan fingerprint density at radius 1 is 1.29 bits per heavy atom. The second kappa shape index (κ2) is 5.76. The van der Waals surface area contributed by atoms with Crippen LogP contribution in [0.15, 0.2) is 24.3 Å². The largest absolute Gasteiger partial charge is 0.323 e. The fourth-order valence-electron chi connectivity index (χ4n) is 2.06. The van der Waals surface area contributed by atoms with Crippen LogP contribution in [-0.4, -0.2) is 40.2 Å². The summed E-state index contributed by atoms with van der Waals surface area (Å²) in [7, 11) is -0.606. The van der Waals surface area contributed by atoms with Crippen LogP contribution < -0.4 is 5.73 Å². The Balaban J connectivity index is 1.90. The van der Waals surface area contributed by atoms with Gasteiger partial charge < -0.3 is 5.73 Å². The molecule has 0 bridgehead atoms. The van der Waals surface area contributed by atoms with Crippen molar-refractivity contribution in [1.82, 2.24) is 4.90 Å². The molecule has 3 nitrogen and oxygen atoms in total. The molecule has 1 aromatic rings. The highest BCUT2D eigenvalue weighted by Gasteiger charge is 2.17. The maximum Gasteiger partial charge on any atom is 0.0424 e. The van der Waals surface area contributed by atoms with E-state index >= 15 is 0 Å². The first-order chi connectivity index (χ1) is 8.15. The molecular formula is C13H20N2OS. The molecule has 0 amide bonds. The van der Waals surface area contributed by atoms with E-state index in [1.807, 2.05) is 0 Å². The third kappa shape index (κ3) is 3.63. The van der Waals surface area contributed by atoms with Gasteiger partial charge in [-0.3, -0.25) is 9.11 Å². The number of hydrogen-bond acceptors (Lipinski definition) is 3. The average Bonchev–Trinajstić information content (AvgIpc) is 2.33. The first-order valence-electron chi connectivity index (χ1n) is 6.04. The van der Waals surface area contributed by atoms with E-state index in [0.29, 0.717) is 0 Å². The van der Waals surface area contributed by atoms with Crippen LogP contribution in [0.4, 0.5) is 0 Å². The molecule has 1 fully saturated rings. The van der Waals surface area contributed by atoms with Crippen molar-refractivity contribution in [3.8, 4) is 0 Å². The predicted octanol–water partition coefficient (Wildman–Crippen LogP) is 1.06. The fourth-order valence-corrected chi connectivity index (χ4v) is 3.18. The van der Waals surface area contributed by atoms with Gasteiger partial charge in [0.05, 0.1) is 0 Å². The number of aryl methyl sites for hydroxylation is 1. The Morgan fingerprint density at radius 2 is 1.88 bits per heavy atom. The summed E-state index contributed by atoms with van der Waals surface area (Å²) in [6.45, 7) is 4.76. The Morgan fingerprint density at radius 3 is 2.47 bits per heavy atom. The van der Waals surface area contributed by atoms with Crippen molar-refractivity contribution in [3.05, 3.63) is 35.4 Å². The van der Waals surface area contributed by atoms with E-state index in [1.54, 1.807) is 0 Å². The van der Waals surface area contributed by atoms with Crippen LogP contribution in [-0.2, 0) is 10.8 Å². The molecule has 1 aromatic carbocycles. The van der Waals surface area contributed by atoms with Gasteiger partial charge in [0.1, 0.15) is 0 Å². The van der Waals surface area contributed by atoms with Crippen LogP contribution in [0.5, 0.6) is 0 Å². The minimum Gasteiger partial charge on any atom is -0.323 e. The summed E-state index contributed by atoms with van der Waals surface area (Å²) in [5, 5.41) is 0. The smallest absolute Gasteiger partial charge is 0.0424 e. The van der Waals surface area contributed by atoms with E-state index in [9.17, 15) is 4.21 Å². The lowest BCUT2D eigenvalue weighted by atomic mass is 10.1. The van der Waals surface area contributed by atoms with Crippen LogP contribution in [0.1, 0.15) is 17.2 Å². The second-order valence-corrected chi connectivity index (χ2v) is 6.36. The molecule has 0 spiro atoms. The highest BCUT2D eigenvalue weighted by molar-refractivity contribution is 7.85. The molecule has 94 valence electrons. The number of nitrogens with zero attached hydrogens (tertiary/aromatic N) is 1. The summed E-state index contributed by atoms with van der Waals surface area (Å²) in [6.07, 6.45) is 0. The van der Waals surface area contributed by atoms with Gasteiger partial charge in [0, 0.05) is 48.0 Å². The maximum atomic E-state index is 11.3. The standard InChI is InChI=1S/C13H20N2OS/c1-11-2-4-12(5-3-11)13(14)10-15-6-8-17(16)9-7-15/h2-5,13H,6-10,14H2,1H3. The summed E-state index contributed by atoms with van der Waals surface area (Å²) in [6, 6.07) is 8.45. The normalized spacial score (nSPS) is 20.4. The molecule has 2 rings (SSSR count). The summed E-state index contributed by atoms with van der Waals surface area (Å²) < 4.78 is 11.3. The molecule has 1 aliphatic heterocycles. The van der Waals surface area contributed by atoms with E-state index in [1.165, 1.54) is 11.1 Å². The van der Waals surface area contributed by atoms with Crippen molar-refractivity contribution in [2.75, 3.05) is 31.1 Å². The molecule has 0 aromatic heterocycles. The number of benzene rings is 1. The Kier molecular flexibility index (Phi) is 4.31. The Hall–Kier alpha value is -0.710. The minimum absolute atomic E-state index is 0.0575. The van der Waals surface area contributed by atoms with Gasteiger partial charge in [-0.2, -0.15) is 0 Å². The molecule has 0 saturated carbocycles. The average molecular weight is 252 g/mol. The molecule has 1 aliphatic rings. The van der Waals surface area contributed by atoms with E-state index in [2.05, 4.69) is 36.1 Å². The maximum absolute atomic E-state index is 11.3. The summed E-state index contributed by atoms with van der Waals surface area (Å²) in [5.74, 6) is 1.58. The Bertz CT molecular complexity index is 381. The summed E-state index contributed by atoms with van der Waals surface area (Å²) >= 11 is 0. The third-order valence-corrected chi connectivity index (χ3v) is 4.51. The zero-order chi connectivity index (χ0) is 12.3. The molecular weight excluding hydrogens is 232 g/mol. The van der Waals surface area contributed by atoms with E-state index in [4.69, 9.17) is 5.73 Å². The van der Waals surface area contributed by atoms with Gasteiger partial charge in [0.2, 0.25) is 0 Å². The zero-order valence-electron chi connectivity index (χ0n) is 10.3.